The van der Waals surface area contributed by atoms with Crippen LogP contribution in [0.1, 0.15) is 25.3 Å². The third-order valence-corrected chi connectivity index (χ3v) is 2.77. The normalized spacial score (nSPS) is 28.2. The van der Waals surface area contributed by atoms with Crippen LogP contribution >= 0.6 is 0 Å². The summed E-state index contributed by atoms with van der Waals surface area (Å²) in [5, 5.41) is 9.61. The summed E-state index contributed by atoms with van der Waals surface area (Å²) in [6, 6.07) is -0.00583. The van der Waals surface area contributed by atoms with Gasteiger partial charge in [0.15, 0.2) is 0 Å². The minimum Gasteiger partial charge on any atom is -0.391 e. The maximum Gasteiger partial charge on any atom is 0.328 e. The van der Waals surface area contributed by atoms with E-state index in [0.717, 1.165) is 19.3 Å². The molecule has 4 nitrogen and oxygen atoms in total. The number of aromatic nitrogens is 2. The monoisotopic (exact) mass is 182 g/mol. The fraction of sp³-hybridized carbons (Fsp3) is 0.667. The van der Waals surface area contributed by atoms with Crippen LogP contribution in [0, 0.1) is 0 Å². The minimum absolute atomic E-state index is 0.00583. The van der Waals surface area contributed by atoms with Gasteiger partial charge in [0, 0.05) is 19.4 Å². The average molecular weight is 182 g/mol. The number of aliphatic hydroxyl groups excluding tert-OH is 1. The first kappa shape index (κ1) is 8.56. The van der Waals surface area contributed by atoms with Gasteiger partial charge in [-0.3, -0.25) is 4.57 Å². The molecule has 0 radical (unpaired) electrons. The molecule has 1 aromatic rings. The second-order valence-corrected chi connectivity index (χ2v) is 3.66. The molecular formula is C9H14N2O2. The Hall–Kier alpha value is -1.03. The van der Waals surface area contributed by atoms with E-state index in [1.54, 1.807) is 24.0 Å². The third kappa shape index (κ3) is 1.31. The molecule has 1 saturated carbocycles. The Bertz CT molecular complexity index is 353. The molecule has 0 spiro atoms. The lowest BCUT2D eigenvalue weighted by Gasteiger charge is -2.14. The molecule has 2 rings (SSSR count). The summed E-state index contributed by atoms with van der Waals surface area (Å²) < 4.78 is 3.17. The largest absolute Gasteiger partial charge is 0.391 e. The molecule has 1 N–H and O–H groups in total. The van der Waals surface area contributed by atoms with Crippen molar-refractivity contribution >= 4 is 0 Å². The topological polar surface area (TPSA) is 47.2 Å². The second kappa shape index (κ2) is 3.03. The quantitative estimate of drug-likeness (QED) is 0.677. The maximum absolute atomic E-state index is 11.5. The number of aryl methyl sites for hydroxylation is 1. The van der Waals surface area contributed by atoms with Crippen LogP contribution in [-0.2, 0) is 7.05 Å². The van der Waals surface area contributed by atoms with Crippen LogP contribution in [0.4, 0.5) is 0 Å². The van der Waals surface area contributed by atoms with E-state index in [9.17, 15) is 9.90 Å². The molecule has 0 aromatic carbocycles. The third-order valence-electron chi connectivity index (χ3n) is 2.77. The van der Waals surface area contributed by atoms with Gasteiger partial charge >= 0.3 is 5.69 Å². The van der Waals surface area contributed by atoms with Crippen molar-refractivity contribution in [3.8, 4) is 0 Å². The number of hydrogen-bond donors (Lipinski definition) is 1. The van der Waals surface area contributed by atoms with E-state index >= 15 is 0 Å². The van der Waals surface area contributed by atoms with E-state index in [0.29, 0.717) is 0 Å². The van der Waals surface area contributed by atoms with E-state index < -0.39 is 0 Å². The zero-order valence-corrected chi connectivity index (χ0v) is 7.68. The maximum atomic E-state index is 11.5. The Balaban J connectivity index is 2.35. The van der Waals surface area contributed by atoms with Gasteiger partial charge in [0.05, 0.1) is 12.1 Å². The molecule has 1 heterocycles. The second-order valence-electron chi connectivity index (χ2n) is 3.66. The van der Waals surface area contributed by atoms with Crippen molar-refractivity contribution in [2.75, 3.05) is 0 Å². The van der Waals surface area contributed by atoms with E-state index in [4.69, 9.17) is 0 Å². The van der Waals surface area contributed by atoms with Crippen LogP contribution in [0.5, 0.6) is 0 Å². The van der Waals surface area contributed by atoms with E-state index in [-0.39, 0.29) is 17.8 Å². The van der Waals surface area contributed by atoms with Gasteiger partial charge in [0.25, 0.3) is 0 Å². The molecule has 13 heavy (non-hydrogen) atoms. The zero-order chi connectivity index (χ0) is 9.42. The van der Waals surface area contributed by atoms with Gasteiger partial charge in [-0.2, -0.15) is 0 Å². The van der Waals surface area contributed by atoms with Crippen LogP contribution < -0.4 is 5.69 Å². The summed E-state index contributed by atoms with van der Waals surface area (Å²) in [5.74, 6) is 0. The molecule has 1 fully saturated rings. The molecule has 0 unspecified atom stereocenters. The van der Waals surface area contributed by atoms with Gasteiger partial charge in [-0.1, -0.05) is 0 Å². The average Bonchev–Trinajstić information content (AvgIpc) is 2.62. The fourth-order valence-electron chi connectivity index (χ4n) is 1.98. The Labute approximate surface area is 76.4 Å². The molecule has 0 bridgehead atoms. The number of imidazole rings is 1. The number of nitrogens with zero attached hydrogens (tertiary/aromatic N) is 2. The number of aliphatic hydroxyl groups is 1. The molecule has 4 heteroatoms. The van der Waals surface area contributed by atoms with Crippen molar-refractivity contribution in [1.82, 2.24) is 9.13 Å². The van der Waals surface area contributed by atoms with Gasteiger partial charge in [-0.25, -0.2) is 4.79 Å². The Morgan fingerprint density at radius 1 is 1.46 bits per heavy atom. The Kier molecular flexibility index (Phi) is 2.00. The molecule has 1 aliphatic carbocycles. The van der Waals surface area contributed by atoms with Crippen molar-refractivity contribution in [2.24, 2.45) is 7.05 Å². The minimum atomic E-state index is -0.347. The van der Waals surface area contributed by atoms with Crippen molar-refractivity contribution < 1.29 is 5.11 Å². The van der Waals surface area contributed by atoms with Crippen LogP contribution in [0.2, 0.25) is 0 Å². The highest BCUT2D eigenvalue weighted by molar-refractivity contribution is 4.90. The molecule has 2 atom stereocenters. The smallest absolute Gasteiger partial charge is 0.328 e. The lowest BCUT2D eigenvalue weighted by molar-refractivity contribution is 0.134. The SMILES string of the molecule is Cn1ccn([C@H]2CCC[C@@H]2O)c1=O. The van der Waals surface area contributed by atoms with E-state index in [2.05, 4.69) is 0 Å². The van der Waals surface area contributed by atoms with E-state index in [1.165, 1.54) is 4.57 Å². The van der Waals surface area contributed by atoms with Gasteiger partial charge in [-0.05, 0) is 19.3 Å². The molecule has 0 aliphatic heterocycles. The highest BCUT2D eigenvalue weighted by Gasteiger charge is 2.27. The number of hydrogen-bond acceptors (Lipinski definition) is 2. The summed E-state index contributed by atoms with van der Waals surface area (Å²) in [6.07, 6.45) is 5.86. The predicted octanol–water partition coefficient (Wildman–Crippen LogP) is 0.273. The van der Waals surface area contributed by atoms with Crippen molar-refractivity contribution in [2.45, 2.75) is 31.4 Å². The summed E-state index contributed by atoms with van der Waals surface area (Å²) in [7, 11) is 1.72. The molecule has 0 saturated heterocycles. The zero-order valence-electron chi connectivity index (χ0n) is 7.68. The Morgan fingerprint density at radius 2 is 2.23 bits per heavy atom. The number of rotatable bonds is 1. The molecule has 72 valence electrons. The van der Waals surface area contributed by atoms with E-state index in [1.807, 2.05) is 0 Å². The lowest BCUT2D eigenvalue weighted by Crippen LogP contribution is -2.29. The van der Waals surface area contributed by atoms with Crippen LogP contribution in [0.15, 0.2) is 17.2 Å². The lowest BCUT2D eigenvalue weighted by atomic mass is 10.2. The highest BCUT2D eigenvalue weighted by atomic mass is 16.3. The summed E-state index contributed by atoms with van der Waals surface area (Å²) in [5.41, 5.74) is -0.0362. The standard InChI is InChI=1S/C9H14N2O2/c1-10-5-6-11(9(10)13)7-3-2-4-8(7)12/h5-8,12H,2-4H2,1H3/t7-,8-/m0/s1. The van der Waals surface area contributed by atoms with Crippen LogP contribution in [0.3, 0.4) is 0 Å². The Morgan fingerprint density at radius 3 is 2.69 bits per heavy atom. The molecular weight excluding hydrogens is 168 g/mol. The van der Waals surface area contributed by atoms with Crippen molar-refractivity contribution in [3.63, 3.8) is 0 Å². The van der Waals surface area contributed by atoms with Gasteiger partial charge in [0.1, 0.15) is 0 Å². The molecule has 1 aliphatic rings. The fourth-order valence-corrected chi connectivity index (χ4v) is 1.98. The predicted molar refractivity (Wildman–Crippen MR) is 48.6 cm³/mol. The van der Waals surface area contributed by atoms with Crippen LogP contribution in [0.25, 0.3) is 0 Å². The first-order valence-electron chi connectivity index (χ1n) is 4.61. The van der Waals surface area contributed by atoms with Crippen molar-refractivity contribution in [1.29, 1.82) is 0 Å². The first-order chi connectivity index (χ1) is 6.20. The van der Waals surface area contributed by atoms with Gasteiger partial charge < -0.3 is 9.67 Å². The summed E-state index contributed by atoms with van der Waals surface area (Å²) in [6.45, 7) is 0. The summed E-state index contributed by atoms with van der Waals surface area (Å²) in [4.78, 5) is 11.5. The van der Waals surface area contributed by atoms with Crippen molar-refractivity contribution in [3.05, 3.63) is 22.9 Å². The van der Waals surface area contributed by atoms with Crippen LogP contribution in [-0.4, -0.2) is 20.3 Å². The summed E-state index contributed by atoms with van der Waals surface area (Å²) >= 11 is 0. The van der Waals surface area contributed by atoms with Gasteiger partial charge in [0.2, 0.25) is 0 Å². The highest BCUT2D eigenvalue weighted by Crippen LogP contribution is 2.28. The molecule has 1 aromatic heterocycles. The first-order valence-corrected chi connectivity index (χ1v) is 4.61. The molecule has 0 amide bonds. The van der Waals surface area contributed by atoms with Gasteiger partial charge in [-0.15, -0.1) is 0 Å².